The average Bonchev–Trinajstić information content (AvgIpc) is 2.33. The highest BCUT2D eigenvalue weighted by atomic mass is 14.2. The van der Waals surface area contributed by atoms with Crippen LogP contribution in [0, 0.1) is 23.7 Å². The van der Waals surface area contributed by atoms with Crippen LogP contribution in [0.3, 0.4) is 0 Å². The van der Waals surface area contributed by atoms with Crippen molar-refractivity contribution in [1.82, 2.24) is 0 Å². The molecule has 0 N–H and O–H groups in total. The summed E-state index contributed by atoms with van der Waals surface area (Å²) in [7, 11) is 0. The topological polar surface area (TPSA) is 0 Å². The van der Waals surface area contributed by atoms with Crippen molar-refractivity contribution in [3.8, 4) is 0 Å². The molecule has 0 amide bonds. The first-order chi connectivity index (χ1) is 8.52. The van der Waals surface area contributed by atoms with E-state index in [-0.39, 0.29) is 0 Å². The molecule has 0 saturated carbocycles. The van der Waals surface area contributed by atoms with Crippen LogP contribution in [0.4, 0.5) is 0 Å². The van der Waals surface area contributed by atoms with Crippen LogP contribution in [0.15, 0.2) is 0 Å². The summed E-state index contributed by atoms with van der Waals surface area (Å²) in [5.74, 6) is 3.65. The minimum Gasteiger partial charge on any atom is -0.0654 e. The lowest BCUT2D eigenvalue weighted by Gasteiger charge is -2.27. The molecule has 0 aliphatic heterocycles. The van der Waals surface area contributed by atoms with Crippen molar-refractivity contribution < 1.29 is 0 Å². The molecule has 0 bridgehead atoms. The second kappa shape index (κ2) is 10.9. The number of hydrogen-bond donors (Lipinski definition) is 0. The summed E-state index contributed by atoms with van der Waals surface area (Å²) in [6.45, 7) is 14.3. The molecule has 110 valence electrons. The first-order valence-corrected chi connectivity index (χ1v) is 8.52. The molecule has 0 spiro atoms. The van der Waals surface area contributed by atoms with Gasteiger partial charge in [-0.2, -0.15) is 0 Å². The Balaban J connectivity index is 3.78. The fourth-order valence-electron chi connectivity index (χ4n) is 3.17. The third kappa shape index (κ3) is 8.16. The predicted molar refractivity (Wildman–Crippen MR) is 84.9 cm³/mol. The highest BCUT2D eigenvalue weighted by Crippen LogP contribution is 2.29. The Morgan fingerprint density at radius 2 is 1.33 bits per heavy atom. The predicted octanol–water partition coefficient (Wildman–Crippen LogP) is 6.69. The normalized spacial score (nSPS) is 16.8. The second-order valence-electron chi connectivity index (χ2n) is 6.83. The Morgan fingerprint density at radius 3 is 1.83 bits per heavy atom. The summed E-state index contributed by atoms with van der Waals surface area (Å²) in [4.78, 5) is 0. The lowest BCUT2D eigenvalue weighted by Crippen LogP contribution is -2.17. The van der Waals surface area contributed by atoms with E-state index in [1.165, 1.54) is 51.4 Å². The maximum atomic E-state index is 2.45. The fourth-order valence-corrected chi connectivity index (χ4v) is 3.17. The van der Waals surface area contributed by atoms with Gasteiger partial charge < -0.3 is 0 Å². The molecule has 0 saturated heterocycles. The Bertz CT molecular complexity index is 171. The van der Waals surface area contributed by atoms with Crippen molar-refractivity contribution in [1.29, 1.82) is 0 Å². The van der Waals surface area contributed by atoms with Crippen molar-refractivity contribution in [3.63, 3.8) is 0 Å². The van der Waals surface area contributed by atoms with Crippen LogP contribution in [0.1, 0.15) is 92.9 Å². The molecule has 0 aromatic carbocycles. The molecular weight excluding hydrogens is 216 g/mol. The molecule has 0 fully saturated rings. The molecule has 0 heteroatoms. The Hall–Kier alpha value is 0. The van der Waals surface area contributed by atoms with Gasteiger partial charge in [0.1, 0.15) is 0 Å². The summed E-state index contributed by atoms with van der Waals surface area (Å²) in [6, 6.07) is 0. The number of rotatable bonds is 11. The quantitative estimate of drug-likeness (QED) is 0.360. The van der Waals surface area contributed by atoms with Crippen LogP contribution < -0.4 is 0 Å². The van der Waals surface area contributed by atoms with Gasteiger partial charge in [0, 0.05) is 0 Å². The molecule has 0 radical (unpaired) electrons. The Labute approximate surface area is 117 Å². The van der Waals surface area contributed by atoms with E-state index in [2.05, 4.69) is 41.5 Å². The summed E-state index contributed by atoms with van der Waals surface area (Å²) in [6.07, 6.45) is 11.4. The van der Waals surface area contributed by atoms with Gasteiger partial charge in [-0.25, -0.2) is 0 Å². The molecule has 3 atom stereocenters. The lowest BCUT2D eigenvalue weighted by molar-refractivity contribution is 0.235. The van der Waals surface area contributed by atoms with E-state index in [4.69, 9.17) is 0 Å². The van der Waals surface area contributed by atoms with Crippen LogP contribution in [-0.2, 0) is 0 Å². The van der Waals surface area contributed by atoms with E-state index in [9.17, 15) is 0 Å². The van der Waals surface area contributed by atoms with E-state index in [0.29, 0.717) is 0 Å². The highest BCUT2D eigenvalue weighted by molar-refractivity contribution is 4.69. The van der Waals surface area contributed by atoms with Crippen LogP contribution in [-0.4, -0.2) is 0 Å². The maximum absolute atomic E-state index is 2.45. The third-order valence-electron chi connectivity index (χ3n) is 4.77. The van der Waals surface area contributed by atoms with Gasteiger partial charge in [0.25, 0.3) is 0 Å². The van der Waals surface area contributed by atoms with Crippen LogP contribution in [0.25, 0.3) is 0 Å². The minimum atomic E-state index is 0.857. The third-order valence-corrected chi connectivity index (χ3v) is 4.77. The number of hydrogen-bond acceptors (Lipinski definition) is 0. The van der Waals surface area contributed by atoms with Crippen molar-refractivity contribution in [2.24, 2.45) is 23.7 Å². The first kappa shape index (κ1) is 18.0. The largest absolute Gasteiger partial charge is 0.0654 e. The van der Waals surface area contributed by atoms with E-state index < -0.39 is 0 Å². The highest BCUT2D eigenvalue weighted by Gasteiger charge is 2.19. The van der Waals surface area contributed by atoms with Gasteiger partial charge in [0.15, 0.2) is 0 Å². The van der Waals surface area contributed by atoms with E-state index >= 15 is 0 Å². The Kier molecular flexibility index (Phi) is 10.9. The van der Waals surface area contributed by atoms with Crippen LogP contribution in [0.5, 0.6) is 0 Å². The smallest absolute Gasteiger partial charge is 0.0365 e. The van der Waals surface area contributed by atoms with Crippen LogP contribution in [0.2, 0.25) is 0 Å². The van der Waals surface area contributed by atoms with Gasteiger partial charge >= 0.3 is 0 Å². The molecule has 0 aliphatic rings. The van der Waals surface area contributed by atoms with Gasteiger partial charge in [-0.1, -0.05) is 86.5 Å². The summed E-state index contributed by atoms with van der Waals surface area (Å²) < 4.78 is 0. The number of unbranched alkanes of at least 4 members (excludes halogenated alkanes) is 2. The van der Waals surface area contributed by atoms with Gasteiger partial charge in [-0.3, -0.25) is 0 Å². The molecule has 0 aromatic rings. The molecular formula is C18H38. The van der Waals surface area contributed by atoms with Gasteiger partial charge in [0.05, 0.1) is 0 Å². The maximum Gasteiger partial charge on any atom is -0.0365 e. The zero-order valence-electron chi connectivity index (χ0n) is 14.0. The lowest BCUT2D eigenvalue weighted by atomic mass is 9.79. The van der Waals surface area contributed by atoms with Crippen molar-refractivity contribution in [3.05, 3.63) is 0 Å². The molecule has 0 heterocycles. The van der Waals surface area contributed by atoms with Gasteiger partial charge in [0.2, 0.25) is 0 Å². The Morgan fingerprint density at radius 1 is 0.722 bits per heavy atom. The SMILES string of the molecule is CCCCCC(C)CCCC(C(C)C)C(C)CC. The second-order valence-corrected chi connectivity index (χ2v) is 6.83. The van der Waals surface area contributed by atoms with Crippen molar-refractivity contribution >= 4 is 0 Å². The molecule has 0 aliphatic carbocycles. The summed E-state index contributed by atoms with van der Waals surface area (Å²) >= 11 is 0. The zero-order chi connectivity index (χ0) is 14.0. The van der Waals surface area contributed by atoms with Gasteiger partial charge in [-0.05, 0) is 30.1 Å². The molecule has 0 nitrogen and oxygen atoms in total. The van der Waals surface area contributed by atoms with Crippen molar-refractivity contribution in [2.75, 3.05) is 0 Å². The fraction of sp³-hybridized carbons (Fsp3) is 1.00. The van der Waals surface area contributed by atoms with Crippen LogP contribution >= 0.6 is 0 Å². The molecule has 3 unspecified atom stereocenters. The average molecular weight is 255 g/mol. The van der Waals surface area contributed by atoms with E-state index in [1.54, 1.807) is 0 Å². The zero-order valence-corrected chi connectivity index (χ0v) is 14.0. The molecule has 0 rings (SSSR count). The van der Waals surface area contributed by atoms with E-state index in [0.717, 1.165) is 23.7 Å². The van der Waals surface area contributed by atoms with Crippen molar-refractivity contribution in [2.45, 2.75) is 92.9 Å². The van der Waals surface area contributed by atoms with E-state index in [1.807, 2.05) is 0 Å². The first-order valence-electron chi connectivity index (χ1n) is 8.52. The summed E-state index contributed by atoms with van der Waals surface area (Å²) in [5, 5.41) is 0. The summed E-state index contributed by atoms with van der Waals surface area (Å²) in [5.41, 5.74) is 0. The standard InChI is InChI=1S/C18H38/c1-7-9-10-12-16(5)13-11-14-18(15(3)4)17(6)8-2/h15-18H,7-14H2,1-6H3. The van der Waals surface area contributed by atoms with Gasteiger partial charge in [-0.15, -0.1) is 0 Å². The molecule has 0 aromatic heterocycles. The minimum absolute atomic E-state index is 0.857. The molecule has 18 heavy (non-hydrogen) atoms. The monoisotopic (exact) mass is 254 g/mol.